The van der Waals surface area contributed by atoms with E-state index in [1.54, 1.807) is 5.38 Å². The van der Waals surface area contributed by atoms with Crippen LogP contribution in [0.2, 0.25) is 0 Å². The summed E-state index contributed by atoms with van der Waals surface area (Å²) in [6.45, 7) is 0. The summed E-state index contributed by atoms with van der Waals surface area (Å²) in [5.74, 6) is -0.727. The molecular weight excluding hydrogens is 341 g/mol. The highest BCUT2D eigenvalue weighted by atomic mass is 79.9. The molecule has 1 aromatic heterocycles. The zero-order valence-corrected chi connectivity index (χ0v) is 12.6. The molecule has 0 atom stereocenters. The number of thiophene rings is 1. The van der Waals surface area contributed by atoms with Gasteiger partial charge in [-0.05, 0) is 40.2 Å². The van der Waals surface area contributed by atoms with Crippen LogP contribution >= 0.6 is 27.3 Å². The zero-order chi connectivity index (χ0) is 14.3. The molecule has 0 amide bonds. The van der Waals surface area contributed by atoms with Crippen LogP contribution < -0.4 is 5.73 Å². The third-order valence-electron chi connectivity index (χ3n) is 2.98. The number of halogens is 2. The average molecular weight is 350 g/mol. The van der Waals surface area contributed by atoms with E-state index in [9.17, 15) is 9.18 Å². The van der Waals surface area contributed by atoms with Crippen molar-refractivity contribution >= 4 is 48.8 Å². The first-order valence-electron chi connectivity index (χ1n) is 5.83. The van der Waals surface area contributed by atoms with Crippen LogP contribution in [0.3, 0.4) is 0 Å². The molecule has 0 saturated heterocycles. The Morgan fingerprint density at radius 2 is 2.05 bits per heavy atom. The third kappa shape index (κ3) is 2.23. The van der Waals surface area contributed by atoms with Gasteiger partial charge in [-0.3, -0.25) is 4.79 Å². The van der Waals surface area contributed by atoms with Crippen LogP contribution in [0, 0.1) is 5.82 Å². The maximum atomic E-state index is 13.4. The Kier molecular flexibility index (Phi) is 3.31. The highest BCUT2D eigenvalue weighted by molar-refractivity contribution is 9.10. The second-order valence-corrected chi connectivity index (χ2v) is 6.10. The molecular formula is C15H9BrFNOS. The lowest BCUT2D eigenvalue weighted by molar-refractivity contribution is 0.104. The monoisotopic (exact) mass is 349 g/mol. The minimum Gasteiger partial charge on any atom is -0.399 e. The number of rotatable bonds is 2. The van der Waals surface area contributed by atoms with E-state index in [1.165, 1.54) is 29.5 Å². The Bertz CT molecular complexity index is 808. The molecule has 5 heteroatoms. The SMILES string of the molecule is Nc1cc(F)cc(C(=O)c2csc3c(Br)cccc23)c1. The number of ketones is 1. The summed E-state index contributed by atoms with van der Waals surface area (Å²) >= 11 is 4.94. The Morgan fingerprint density at radius 1 is 1.25 bits per heavy atom. The lowest BCUT2D eigenvalue weighted by atomic mass is 10.0. The Morgan fingerprint density at radius 3 is 2.80 bits per heavy atom. The van der Waals surface area contributed by atoms with Gasteiger partial charge < -0.3 is 5.73 Å². The Hall–Kier alpha value is -1.72. The zero-order valence-electron chi connectivity index (χ0n) is 10.2. The van der Waals surface area contributed by atoms with Crippen LogP contribution in [0.1, 0.15) is 15.9 Å². The lowest BCUT2D eigenvalue weighted by Gasteiger charge is -2.02. The van der Waals surface area contributed by atoms with Crippen molar-refractivity contribution in [2.75, 3.05) is 5.73 Å². The minimum absolute atomic E-state index is 0.222. The van der Waals surface area contributed by atoms with E-state index < -0.39 is 5.82 Å². The molecule has 2 N–H and O–H groups in total. The van der Waals surface area contributed by atoms with E-state index in [-0.39, 0.29) is 17.0 Å². The van der Waals surface area contributed by atoms with Gasteiger partial charge in [0.15, 0.2) is 5.78 Å². The van der Waals surface area contributed by atoms with Crippen molar-refractivity contribution in [3.8, 4) is 0 Å². The van der Waals surface area contributed by atoms with Gasteiger partial charge >= 0.3 is 0 Å². The maximum absolute atomic E-state index is 13.4. The molecule has 100 valence electrons. The van der Waals surface area contributed by atoms with E-state index in [1.807, 2.05) is 18.2 Å². The van der Waals surface area contributed by atoms with E-state index in [0.29, 0.717) is 5.56 Å². The summed E-state index contributed by atoms with van der Waals surface area (Å²) in [4.78, 5) is 12.5. The molecule has 0 spiro atoms. The lowest BCUT2D eigenvalue weighted by Crippen LogP contribution is -2.02. The van der Waals surface area contributed by atoms with Gasteiger partial charge in [-0.2, -0.15) is 0 Å². The van der Waals surface area contributed by atoms with Gasteiger partial charge in [-0.15, -0.1) is 11.3 Å². The number of carbonyl (C=O) groups is 1. The minimum atomic E-state index is -0.505. The smallest absolute Gasteiger partial charge is 0.194 e. The van der Waals surface area contributed by atoms with E-state index in [4.69, 9.17) is 5.73 Å². The molecule has 3 rings (SSSR count). The summed E-state index contributed by atoms with van der Waals surface area (Å²) in [7, 11) is 0. The van der Waals surface area contributed by atoms with E-state index in [0.717, 1.165) is 14.6 Å². The largest absolute Gasteiger partial charge is 0.399 e. The number of carbonyl (C=O) groups excluding carboxylic acids is 1. The van der Waals surface area contributed by atoms with Crippen LogP contribution in [0.15, 0.2) is 46.3 Å². The molecule has 0 saturated carbocycles. The number of nitrogens with two attached hydrogens (primary N) is 1. The van der Waals surface area contributed by atoms with Crippen molar-refractivity contribution in [3.63, 3.8) is 0 Å². The third-order valence-corrected chi connectivity index (χ3v) is 4.93. The fourth-order valence-corrected chi connectivity index (χ4v) is 3.70. The molecule has 0 unspecified atom stereocenters. The van der Waals surface area contributed by atoms with Crippen molar-refractivity contribution in [1.29, 1.82) is 0 Å². The Balaban J connectivity index is 2.15. The van der Waals surface area contributed by atoms with Gasteiger partial charge in [0, 0.05) is 36.8 Å². The van der Waals surface area contributed by atoms with Gasteiger partial charge in [-0.25, -0.2) is 4.39 Å². The van der Waals surface area contributed by atoms with E-state index in [2.05, 4.69) is 15.9 Å². The number of fused-ring (bicyclic) bond motifs is 1. The van der Waals surface area contributed by atoms with Crippen molar-refractivity contribution in [2.45, 2.75) is 0 Å². The number of benzene rings is 2. The molecule has 0 bridgehead atoms. The number of anilines is 1. The summed E-state index contributed by atoms with van der Waals surface area (Å²) in [6, 6.07) is 9.57. The normalized spacial score (nSPS) is 10.9. The molecule has 2 aromatic carbocycles. The fourth-order valence-electron chi connectivity index (χ4n) is 2.10. The maximum Gasteiger partial charge on any atom is 0.194 e. The first-order valence-corrected chi connectivity index (χ1v) is 7.50. The second kappa shape index (κ2) is 5.00. The topological polar surface area (TPSA) is 43.1 Å². The molecule has 20 heavy (non-hydrogen) atoms. The van der Waals surface area contributed by atoms with Crippen molar-refractivity contribution < 1.29 is 9.18 Å². The van der Waals surface area contributed by atoms with Gasteiger partial charge in [0.05, 0.1) is 0 Å². The molecule has 0 radical (unpaired) electrons. The van der Waals surface area contributed by atoms with Crippen LogP contribution in [0.25, 0.3) is 10.1 Å². The van der Waals surface area contributed by atoms with Crippen LogP contribution in [0.4, 0.5) is 10.1 Å². The Labute approximate surface area is 127 Å². The standard InChI is InChI=1S/C15H9BrFNOS/c16-13-3-1-2-11-12(7-20-15(11)13)14(19)8-4-9(17)6-10(18)5-8/h1-7H,18H2. The summed E-state index contributed by atoms with van der Waals surface area (Å²) in [6.07, 6.45) is 0. The number of hydrogen-bond acceptors (Lipinski definition) is 3. The molecule has 0 aliphatic carbocycles. The van der Waals surface area contributed by atoms with Crippen LogP contribution in [-0.4, -0.2) is 5.78 Å². The van der Waals surface area contributed by atoms with Gasteiger partial charge in [-0.1, -0.05) is 12.1 Å². The molecule has 2 nitrogen and oxygen atoms in total. The second-order valence-electron chi connectivity index (χ2n) is 4.37. The van der Waals surface area contributed by atoms with Gasteiger partial charge in [0.2, 0.25) is 0 Å². The van der Waals surface area contributed by atoms with Crippen molar-refractivity contribution in [3.05, 3.63) is 63.2 Å². The first-order chi connectivity index (χ1) is 9.56. The highest BCUT2D eigenvalue weighted by Crippen LogP contribution is 2.33. The van der Waals surface area contributed by atoms with Crippen molar-refractivity contribution in [2.24, 2.45) is 0 Å². The number of hydrogen-bond donors (Lipinski definition) is 1. The quantitative estimate of drug-likeness (QED) is 0.542. The summed E-state index contributed by atoms with van der Waals surface area (Å²) < 4.78 is 15.3. The predicted molar refractivity (Wildman–Crippen MR) is 83.8 cm³/mol. The predicted octanol–water partition coefficient (Wildman–Crippen LogP) is 4.62. The molecule has 0 aliphatic rings. The van der Waals surface area contributed by atoms with Gasteiger partial charge in [0.25, 0.3) is 0 Å². The molecule has 3 aromatic rings. The van der Waals surface area contributed by atoms with E-state index >= 15 is 0 Å². The fraction of sp³-hybridized carbons (Fsp3) is 0. The first kappa shape index (κ1) is 13.3. The molecule has 1 heterocycles. The summed E-state index contributed by atoms with van der Waals surface area (Å²) in [5, 5.41) is 2.65. The van der Waals surface area contributed by atoms with Gasteiger partial charge in [0.1, 0.15) is 5.82 Å². The van der Waals surface area contributed by atoms with Crippen LogP contribution in [0.5, 0.6) is 0 Å². The van der Waals surface area contributed by atoms with Crippen molar-refractivity contribution in [1.82, 2.24) is 0 Å². The highest BCUT2D eigenvalue weighted by Gasteiger charge is 2.16. The van der Waals surface area contributed by atoms with Crippen LogP contribution in [-0.2, 0) is 0 Å². The number of nitrogen functional groups attached to an aromatic ring is 1. The summed E-state index contributed by atoms with van der Waals surface area (Å²) in [5.41, 5.74) is 6.67. The molecule has 0 aliphatic heterocycles. The molecule has 0 fully saturated rings. The average Bonchev–Trinajstić information content (AvgIpc) is 2.82.